The molecule has 1 aliphatic rings. The van der Waals surface area contributed by atoms with E-state index in [4.69, 9.17) is 9.47 Å². The van der Waals surface area contributed by atoms with Crippen molar-refractivity contribution in [3.05, 3.63) is 29.8 Å². The van der Waals surface area contributed by atoms with Gasteiger partial charge in [0.1, 0.15) is 25.6 Å². The number of carbonyl (C=O) groups is 1. The van der Waals surface area contributed by atoms with Gasteiger partial charge in [0, 0.05) is 26.2 Å². The molecule has 1 N–H and O–H groups in total. The third-order valence-electron chi connectivity index (χ3n) is 3.67. The second-order valence-corrected chi connectivity index (χ2v) is 5.83. The number of carbonyl (C=O) groups excluding carboxylic acids is 1. The summed E-state index contributed by atoms with van der Waals surface area (Å²) < 4.78 is 51.1. The molecule has 0 atom stereocenters. The fraction of sp³-hybridized carbons (Fsp3) is 0.588. The zero-order valence-electron chi connectivity index (χ0n) is 14.4. The largest absolute Gasteiger partial charge is 0.492 e. The van der Waals surface area contributed by atoms with Crippen molar-refractivity contribution in [2.24, 2.45) is 0 Å². The molecular formula is C17H23F3N2O4. The second kappa shape index (κ2) is 10.3. The van der Waals surface area contributed by atoms with Gasteiger partial charge in [0.25, 0.3) is 0 Å². The van der Waals surface area contributed by atoms with E-state index in [9.17, 15) is 18.0 Å². The molecule has 0 bridgehead atoms. The van der Waals surface area contributed by atoms with Gasteiger partial charge in [0.15, 0.2) is 0 Å². The first-order valence-corrected chi connectivity index (χ1v) is 8.35. The summed E-state index contributed by atoms with van der Waals surface area (Å²) in [6.45, 7) is 2.74. The van der Waals surface area contributed by atoms with Crippen LogP contribution in [0.1, 0.15) is 5.56 Å². The van der Waals surface area contributed by atoms with Crippen molar-refractivity contribution in [2.75, 3.05) is 52.7 Å². The van der Waals surface area contributed by atoms with Crippen molar-refractivity contribution in [2.45, 2.75) is 12.7 Å². The number of halogens is 3. The number of ether oxygens (including phenoxy) is 3. The number of morpholine rings is 1. The molecule has 1 amide bonds. The van der Waals surface area contributed by atoms with Crippen LogP contribution in [0.25, 0.3) is 0 Å². The summed E-state index contributed by atoms with van der Waals surface area (Å²) in [7, 11) is 0. The van der Waals surface area contributed by atoms with Gasteiger partial charge in [-0.05, 0) is 17.7 Å². The summed E-state index contributed by atoms with van der Waals surface area (Å²) in [4.78, 5) is 13.7. The first-order chi connectivity index (χ1) is 12.4. The fourth-order valence-corrected chi connectivity index (χ4v) is 2.37. The molecule has 1 aromatic carbocycles. The molecule has 1 fully saturated rings. The molecule has 0 aliphatic carbocycles. The quantitative estimate of drug-likeness (QED) is 0.709. The number of hydrogen-bond donors (Lipinski definition) is 1. The lowest BCUT2D eigenvalue weighted by Crippen LogP contribution is -2.38. The fourth-order valence-electron chi connectivity index (χ4n) is 2.37. The first-order valence-electron chi connectivity index (χ1n) is 8.35. The van der Waals surface area contributed by atoms with Crippen LogP contribution in [0.5, 0.6) is 5.75 Å². The van der Waals surface area contributed by atoms with Gasteiger partial charge >= 0.3 is 6.18 Å². The molecule has 0 saturated carbocycles. The van der Waals surface area contributed by atoms with Crippen molar-refractivity contribution < 1.29 is 32.2 Å². The van der Waals surface area contributed by atoms with Crippen LogP contribution in [0.15, 0.2) is 24.3 Å². The van der Waals surface area contributed by atoms with Crippen molar-refractivity contribution in [3.8, 4) is 5.75 Å². The SMILES string of the molecule is O=C(COCC(F)(F)F)NCc1cccc(OCCN2CCOCC2)c1. The number of rotatable bonds is 9. The first kappa shape index (κ1) is 20.5. The van der Waals surface area contributed by atoms with Crippen LogP contribution in [0, 0.1) is 0 Å². The minimum Gasteiger partial charge on any atom is -0.492 e. The predicted molar refractivity (Wildman–Crippen MR) is 87.9 cm³/mol. The molecule has 0 spiro atoms. The Morgan fingerprint density at radius 3 is 2.77 bits per heavy atom. The average molecular weight is 376 g/mol. The lowest BCUT2D eigenvalue weighted by Gasteiger charge is -2.26. The average Bonchev–Trinajstić information content (AvgIpc) is 2.60. The van der Waals surface area contributed by atoms with E-state index in [1.165, 1.54) is 0 Å². The van der Waals surface area contributed by atoms with Gasteiger partial charge < -0.3 is 19.5 Å². The zero-order valence-corrected chi connectivity index (χ0v) is 14.4. The molecule has 146 valence electrons. The highest BCUT2D eigenvalue weighted by Gasteiger charge is 2.27. The van der Waals surface area contributed by atoms with E-state index < -0.39 is 25.3 Å². The Kier molecular flexibility index (Phi) is 8.14. The molecule has 9 heteroatoms. The molecule has 1 heterocycles. The van der Waals surface area contributed by atoms with Crippen molar-refractivity contribution in [1.29, 1.82) is 0 Å². The molecular weight excluding hydrogens is 353 g/mol. The van der Waals surface area contributed by atoms with E-state index in [0.717, 1.165) is 38.4 Å². The van der Waals surface area contributed by atoms with E-state index in [1.54, 1.807) is 18.2 Å². The van der Waals surface area contributed by atoms with Crippen LogP contribution in [0.3, 0.4) is 0 Å². The number of alkyl halides is 3. The highest BCUT2D eigenvalue weighted by atomic mass is 19.4. The third-order valence-corrected chi connectivity index (χ3v) is 3.67. The van der Waals surface area contributed by atoms with Crippen molar-refractivity contribution in [3.63, 3.8) is 0 Å². The summed E-state index contributed by atoms with van der Waals surface area (Å²) in [6.07, 6.45) is -4.44. The highest BCUT2D eigenvalue weighted by molar-refractivity contribution is 5.77. The predicted octanol–water partition coefficient (Wildman–Crippen LogP) is 1.59. The minimum absolute atomic E-state index is 0.189. The van der Waals surface area contributed by atoms with Crippen molar-refractivity contribution in [1.82, 2.24) is 10.2 Å². The number of benzene rings is 1. The van der Waals surface area contributed by atoms with Gasteiger partial charge in [-0.2, -0.15) is 13.2 Å². The Balaban J connectivity index is 1.66. The third kappa shape index (κ3) is 8.50. The molecule has 26 heavy (non-hydrogen) atoms. The van der Waals surface area contributed by atoms with Gasteiger partial charge in [-0.1, -0.05) is 12.1 Å². The smallest absolute Gasteiger partial charge is 0.411 e. The summed E-state index contributed by atoms with van der Waals surface area (Å²) in [5, 5.41) is 2.51. The second-order valence-electron chi connectivity index (χ2n) is 5.83. The van der Waals surface area contributed by atoms with E-state index in [2.05, 4.69) is 15.0 Å². The van der Waals surface area contributed by atoms with Crippen LogP contribution in [0.2, 0.25) is 0 Å². The summed E-state index contributed by atoms with van der Waals surface area (Å²) in [5.74, 6) is 0.0752. The maximum atomic E-state index is 11.9. The molecule has 0 radical (unpaired) electrons. The lowest BCUT2D eigenvalue weighted by atomic mass is 10.2. The van der Waals surface area contributed by atoms with Gasteiger partial charge in [-0.15, -0.1) is 0 Å². The topological polar surface area (TPSA) is 60.0 Å². The van der Waals surface area contributed by atoms with Gasteiger partial charge in [0.05, 0.1) is 13.2 Å². The van der Waals surface area contributed by atoms with E-state index in [-0.39, 0.29) is 6.54 Å². The molecule has 1 saturated heterocycles. The van der Waals surface area contributed by atoms with Crippen LogP contribution in [-0.2, 0) is 20.8 Å². The van der Waals surface area contributed by atoms with Crippen LogP contribution in [-0.4, -0.2) is 69.7 Å². The van der Waals surface area contributed by atoms with Crippen LogP contribution < -0.4 is 10.1 Å². The number of hydrogen-bond acceptors (Lipinski definition) is 5. The molecule has 0 unspecified atom stereocenters. The molecule has 1 aliphatic heterocycles. The summed E-state index contributed by atoms with van der Waals surface area (Å²) in [5.41, 5.74) is 0.790. The van der Waals surface area contributed by atoms with E-state index >= 15 is 0 Å². The van der Waals surface area contributed by atoms with Gasteiger partial charge in [-0.25, -0.2) is 0 Å². The number of nitrogens with one attached hydrogen (secondary N) is 1. The number of nitrogens with zero attached hydrogens (tertiary/aromatic N) is 1. The molecule has 2 rings (SSSR count). The molecule has 6 nitrogen and oxygen atoms in total. The normalized spacial score (nSPS) is 15.7. The van der Waals surface area contributed by atoms with Crippen LogP contribution >= 0.6 is 0 Å². The Morgan fingerprint density at radius 2 is 2.04 bits per heavy atom. The van der Waals surface area contributed by atoms with Gasteiger partial charge in [0.2, 0.25) is 5.91 Å². The van der Waals surface area contributed by atoms with Crippen molar-refractivity contribution >= 4 is 5.91 Å². The Morgan fingerprint density at radius 1 is 1.27 bits per heavy atom. The lowest BCUT2D eigenvalue weighted by molar-refractivity contribution is -0.175. The molecule has 1 aromatic rings. The maximum absolute atomic E-state index is 11.9. The summed E-state index contributed by atoms with van der Waals surface area (Å²) in [6, 6.07) is 7.20. The minimum atomic E-state index is -4.44. The molecule has 0 aromatic heterocycles. The van der Waals surface area contributed by atoms with Gasteiger partial charge in [-0.3, -0.25) is 9.69 Å². The maximum Gasteiger partial charge on any atom is 0.411 e. The number of amides is 1. The Hall–Kier alpha value is -1.84. The Bertz CT molecular complexity index is 563. The Labute approximate surface area is 150 Å². The standard InChI is InChI=1S/C17H23F3N2O4/c18-17(19,20)13-25-12-16(23)21-11-14-2-1-3-15(10-14)26-9-6-22-4-7-24-8-5-22/h1-3,10H,4-9,11-13H2,(H,21,23). The zero-order chi connectivity index (χ0) is 18.8. The summed E-state index contributed by atoms with van der Waals surface area (Å²) >= 11 is 0. The van der Waals surface area contributed by atoms with E-state index in [1.807, 2.05) is 6.07 Å². The van der Waals surface area contributed by atoms with Crippen LogP contribution in [0.4, 0.5) is 13.2 Å². The van der Waals surface area contributed by atoms with E-state index in [0.29, 0.717) is 12.4 Å². The highest BCUT2D eigenvalue weighted by Crippen LogP contribution is 2.15. The monoisotopic (exact) mass is 376 g/mol.